The normalized spacial score (nSPS) is 21.6. The third-order valence-corrected chi connectivity index (χ3v) is 3.85. The fourth-order valence-electron chi connectivity index (χ4n) is 2.72. The largest absolute Gasteiger partial charge is 0.383 e. The number of carbonyl (C=O) groups is 1. The lowest BCUT2D eigenvalue weighted by Gasteiger charge is -2.33. The number of nitrogens with zero attached hydrogens (tertiary/aromatic N) is 1. The topological polar surface area (TPSA) is 53.6 Å². The van der Waals surface area contributed by atoms with E-state index in [4.69, 9.17) is 4.74 Å². The van der Waals surface area contributed by atoms with Crippen LogP contribution in [0.3, 0.4) is 0 Å². The van der Waals surface area contributed by atoms with Gasteiger partial charge in [-0.05, 0) is 52.7 Å². The van der Waals surface area contributed by atoms with E-state index in [0.29, 0.717) is 13.2 Å². The van der Waals surface area contributed by atoms with Gasteiger partial charge in [0, 0.05) is 19.2 Å². The van der Waals surface area contributed by atoms with E-state index in [1.165, 1.54) is 25.8 Å². The van der Waals surface area contributed by atoms with Crippen LogP contribution in [-0.2, 0) is 9.53 Å². The molecule has 0 saturated carbocycles. The van der Waals surface area contributed by atoms with Gasteiger partial charge in [-0.1, -0.05) is 6.42 Å². The number of carbonyl (C=O) groups excluding carboxylic acids is 1. The smallest absolute Gasteiger partial charge is 0.234 e. The first kappa shape index (κ1) is 17.4. The third kappa shape index (κ3) is 7.22. The Morgan fingerprint density at radius 3 is 2.95 bits per heavy atom. The number of hydrogen-bond donors (Lipinski definition) is 2. The minimum atomic E-state index is 0.0425. The average molecular weight is 285 g/mol. The molecule has 20 heavy (non-hydrogen) atoms. The van der Waals surface area contributed by atoms with Crippen LogP contribution in [0.25, 0.3) is 0 Å². The highest BCUT2D eigenvalue weighted by molar-refractivity contribution is 5.78. The number of likely N-dealkylation sites (tertiary alicyclic amines) is 1. The van der Waals surface area contributed by atoms with Crippen LogP contribution in [0, 0.1) is 0 Å². The highest BCUT2D eigenvalue weighted by Crippen LogP contribution is 2.15. The molecule has 1 amide bonds. The van der Waals surface area contributed by atoms with Crippen LogP contribution in [0.5, 0.6) is 0 Å². The molecule has 1 aliphatic heterocycles. The third-order valence-electron chi connectivity index (χ3n) is 3.85. The van der Waals surface area contributed by atoms with Crippen LogP contribution in [0.4, 0.5) is 0 Å². The molecule has 2 atom stereocenters. The molecule has 0 bridgehead atoms. The molecule has 0 radical (unpaired) electrons. The van der Waals surface area contributed by atoms with Gasteiger partial charge in [-0.25, -0.2) is 0 Å². The van der Waals surface area contributed by atoms with E-state index in [0.717, 1.165) is 25.6 Å². The Morgan fingerprint density at radius 1 is 1.45 bits per heavy atom. The number of rotatable bonds is 9. The summed E-state index contributed by atoms with van der Waals surface area (Å²) in [6.45, 7) is 8.47. The van der Waals surface area contributed by atoms with Gasteiger partial charge < -0.3 is 20.3 Å². The van der Waals surface area contributed by atoms with Crippen molar-refractivity contribution in [2.24, 2.45) is 0 Å². The van der Waals surface area contributed by atoms with Crippen LogP contribution in [-0.4, -0.2) is 62.8 Å². The molecule has 1 heterocycles. The van der Waals surface area contributed by atoms with Gasteiger partial charge in [-0.3, -0.25) is 4.79 Å². The molecular weight excluding hydrogens is 254 g/mol. The molecule has 0 spiro atoms. The summed E-state index contributed by atoms with van der Waals surface area (Å²) in [5, 5.41) is 6.10. The highest BCUT2D eigenvalue weighted by atomic mass is 16.5. The van der Waals surface area contributed by atoms with Crippen molar-refractivity contribution in [3.05, 3.63) is 0 Å². The van der Waals surface area contributed by atoms with Gasteiger partial charge in [0.2, 0.25) is 5.91 Å². The quantitative estimate of drug-likeness (QED) is 0.620. The Kier molecular flexibility index (Phi) is 8.82. The summed E-state index contributed by atoms with van der Waals surface area (Å²) in [4.78, 5) is 14.2. The molecule has 0 aromatic carbocycles. The van der Waals surface area contributed by atoms with Crippen LogP contribution in [0.1, 0.15) is 39.5 Å². The number of methoxy groups -OCH3 is 1. The number of hydrogen-bond acceptors (Lipinski definition) is 4. The Bertz CT molecular complexity index is 274. The number of piperidine rings is 1. The summed E-state index contributed by atoms with van der Waals surface area (Å²) in [5.74, 6) is 0.0425. The van der Waals surface area contributed by atoms with Crippen LogP contribution < -0.4 is 10.6 Å². The van der Waals surface area contributed by atoms with Crippen LogP contribution >= 0.6 is 0 Å². The average Bonchev–Trinajstić information content (AvgIpc) is 2.40. The minimum Gasteiger partial charge on any atom is -0.383 e. The first-order valence-corrected chi connectivity index (χ1v) is 7.86. The Labute approximate surface area is 123 Å². The lowest BCUT2D eigenvalue weighted by molar-refractivity contribution is -0.121. The lowest BCUT2D eigenvalue weighted by atomic mass is 10.0. The fourth-order valence-corrected chi connectivity index (χ4v) is 2.72. The summed E-state index contributed by atoms with van der Waals surface area (Å²) in [6.07, 6.45) is 5.13. The predicted molar refractivity (Wildman–Crippen MR) is 81.9 cm³/mol. The number of ether oxygens (including phenoxy) is 1. The molecule has 0 aliphatic carbocycles. The fraction of sp³-hybridized carbons (Fsp3) is 0.933. The van der Waals surface area contributed by atoms with Crippen molar-refractivity contribution in [2.45, 2.75) is 51.6 Å². The maximum atomic E-state index is 11.6. The molecular formula is C15H31N3O2. The van der Waals surface area contributed by atoms with E-state index in [9.17, 15) is 4.79 Å². The first-order chi connectivity index (χ1) is 9.63. The zero-order valence-electron chi connectivity index (χ0n) is 13.3. The molecule has 1 aliphatic rings. The van der Waals surface area contributed by atoms with Crippen molar-refractivity contribution in [2.75, 3.05) is 39.9 Å². The number of nitrogens with one attached hydrogen (secondary N) is 2. The summed E-state index contributed by atoms with van der Waals surface area (Å²) >= 11 is 0. The van der Waals surface area contributed by atoms with Gasteiger partial charge in [0.05, 0.1) is 13.2 Å². The van der Waals surface area contributed by atoms with Gasteiger partial charge in [0.15, 0.2) is 0 Å². The summed E-state index contributed by atoms with van der Waals surface area (Å²) in [6, 6.07) is 0.797. The maximum Gasteiger partial charge on any atom is 0.234 e. The zero-order valence-corrected chi connectivity index (χ0v) is 13.3. The lowest BCUT2D eigenvalue weighted by Crippen LogP contribution is -2.42. The molecule has 1 rings (SSSR count). The van der Waals surface area contributed by atoms with Crippen molar-refractivity contribution in [3.63, 3.8) is 0 Å². The standard InChI is InChI=1S/C15H31N3O2/c1-13(12-20-3)17-15(19)11-16-8-6-10-18-9-5-4-7-14(18)2/h13-14,16H,4-12H2,1-3H3,(H,17,19). The Hall–Kier alpha value is -0.650. The van der Waals surface area contributed by atoms with E-state index < -0.39 is 0 Å². The molecule has 0 aromatic rings. The van der Waals surface area contributed by atoms with Crippen molar-refractivity contribution >= 4 is 5.91 Å². The van der Waals surface area contributed by atoms with Crippen molar-refractivity contribution in [1.82, 2.24) is 15.5 Å². The van der Waals surface area contributed by atoms with Gasteiger partial charge in [0.1, 0.15) is 0 Å². The number of amides is 1. The van der Waals surface area contributed by atoms with Gasteiger partial charge in [-0.2, -0.15) is 0 Å². The second kappa shape index (κ2) is 10.1. The molecule has 2 N–H and O–H groups in total. The maximum absolute atomic E-state index is 11.6. The Morgan fingerprint density at radius 2 is 2.25 bits per heavy atom. The SMILES string of the molecule is COCC(C)NC(=O)CNCCCN1CCCCC1C. The zero-order chi connectivity index (χ0) is 14.8. The molecule has 1 fully saturated rings. The first-order valence-electron chi connectivity index (χ1n) is 7.86. The predicted octanol–water partition coefficient (Wildman–Crippen LogP) is 0.992. The van der Waals surface area contributed by atoms with E-state index in [1.54, 1.807) is 7.11 Å². The molecule has 1 saturated heterocycles. The van der Waals surface area contributed by atoms with E-state index in [1.807, 2.05) is 6.92 Å². The van der Waals surface area contributed by atoms with Gasteiger partial charge >= 0.3 is 0 Å². The van der Waals surface area contributed by atoms with Gasteiger partial charge in [-0.15, -0.1) is 0 Å². The molecule has 2 unspecified atom stereocenters. The molecule has 118 valence electrons. The molecule has 5 nitrogen and oxygen atoms in total. The van der Waals surface area contributed by atoms with Crippen LogP contribution in [0.15, 0.2) is 0 Å². The molecule has 0 aromatic heterocycles. The van der Waals surface area contributed by atoms with Crippen molar-refractivity contribution < 1.29 is 9.53 Å². The second-order valence-corrected chi connectivity index (χ2v) is 5.84. The Balaban J connectivity index is 1.99. The van der Waals surface area contributed by atoms with E-state index >= 15 is 0 Å². The summed E-state index contributed by atoms with van der Waals surface area (Å²) in [7, 11) is 1.64. The van der Waals surface area contributed by atoms with Crippen LogP contribution in [0.2, 0.25) is 0 Å². The summed E-state index contributed by atoms with van der Waals surface area (Å²) < 4.78 is 4.98. The van der Waals surface area contributed by atoms with E-state index in [-0.39, 0.29) is 11.9 Å². The minimum absolute atomic E-state index is 0.0425. The van der Waals surface area contributed by atoms with Crippen molar-refractivity contribution in [3.8, 4) is 0 Å². The van der Waals surface area contributed by atoms with E-state index in [2.05, 4.69) is 22.5 Å². The second-order valence-electron chi connectivity index (χ2n) is 5.84. The highest BCUT2D eigenvalue weighted by Gasteiger charge is 2.17. The molecule has 5 heteroatoms. The summed E-state index contributed by atoms with van der Waals surface area (Å²) in [5.41, 5.74) is 0. The van der Waals surface area contributed by atoms with Gasteiger partial charge in [0.25, 0.3) is 0 Å². The monoisotopic (exact) mass is 285 g/mol. The van der Waals surface area contributed by atoms with Crippen molar-refractivity contribution in [1.29, 1.82) is 0 Å².